The molecule has 1 amide bonds. The van der Waals surface area contributed by atoms with Crippen molar-refractivity contribution >= 4 is 38.7 Å². The van der Waals surface area contributed by atoms with Crippen molar-refractivity contribution in [3.05, 3.63) is 63.2 Å². The third-order valence-electron chi connectivity index (χ3n) is 2.95. The lowest BCUT2D eigenvalue weighted by Gasteiger charge is -2.09. The summed E-state index contributed by atoms with van der Waals surface area (Å²) in [5.74, 6) is -0.563. The minimum Gasteiger partial charge on any atom is -0.321 e. The third kappa shape index (κ3) is 4.05. The van der Waals surface area contributed by atoms with Gasteiger partial charge >= 0.3 is 0 Å². The van der Waals surface area contributed by atoms with Gasteiger partial charge in [0.1, 0.15) is 0 Å². The molecule has 0 spiro atoms. The highest BCUT2D eigenvalue weighted by atomic mass is 35.5. The fourth-order valence-corrected chi connectivity index (χ4v) is 2.57. The Hall–Kier alpha value is -2.45. The van der Waals surface area contributed by atoms with Crippen molar-refractivity contribution in [3.63, 3.8) is 0 Å². The summed E-state index contributed by atoms with van der Waals surface area (Å²) in [5.41, 5.74) is 0.174. The molecule has 2 aromatic carbocycles. The first-order chi connectivity index (χ1) is 10.7. The van der Waals surface area contributed by atoms with Crippen LogP contribution in [0.3, 0.4) is 0 Å². The van der Waals surface area contributed by atoms with Crippen LogP contribution in [-0.4, -0.2) is 25.5 Å². The van der Waals surface area contributed by atoms with Crippen molar-refractivity contribution < 1.29 is 18.1 Å². The molecule has 0 radical (unpaired) electrons. The second kappa shape index (κ2) is 6.35. The molecule has 0 aromatic heterocycles. The molecule has 7 nitrogen and oxygen atoms in total. The number of halogens is 1. The van der Waals surface area contributed by atoms with E-state index < -0.39 is 20.7 Å². The lowest BCUT2D eigenvalue weighted by Crippen LogP contribution is -2.12. The maximum Gasteiger partial charge on any atom is 0.269 e. The van der Waals surface area contributed by atoms with Crippen LogP contribution >= 0.6 is 11.6 Å². The van der Waals surface area contributed by atoms with E-state index in [2.05, 4.69) is 5.32 Å². The molecule has 1 N–H and O–H groups in total. The fourth-order valence-electron chi connectivity index (χ4n) is 1.76. The van der Waals surface area contributed by atoms with Crippen molar-refractivity contribution in [2.24, 2.45) is 0 Å². The zero-order valence-electron chi connectivity index (χ0n) is 11.8. The van der Waals surface area contributed by atoms with E-state index in [1.54, 1.807) is 0 Å². The molecule has 0 atom stereocenters. The summed E-state index contributed by atoms with van der Waals surface area (Å²) in [6.07, 6.45) is 1.04. The van der Waals surface area contributed by atoms with Gasteiger partial charge in [-0.3, -0.25) is 14.9 Å². The SMILES string of the molecule is CS(=O)(=O)c1ccc(Cl)c(NC(=O)c2ccc([N+](=O)[O-])cc2)c1. The molecule has 2 rings (SSSR count). The zero-order chi connectivity index (χ0) is 17.2. The molecule has 120 valence electrons. The molecule has 0 unspecified atom stereocenters. The molecule has 0 aliphatic carbocycles. The van der Waals surface area contributed by atoms with E-state index in [0.29, 0.717) is 0 Å². The number of nitrogens with one attached hydrogen (secondary N) is 1. The molecule has 2 aromatic rings. The monoisotopic (exact) mass is 354 g/mol. The number of sulfone groups is 1. The van der Waals surface area contributed by atoms with Gasteiger partial charge in [0, 0.05) is 24.0 Å². The van der Waals surface area contributed by atoms with Gasteiger partial charge in [-0.25, -0.2) is 8.42 Å². The largest absolute Gasteiger partial charge is 0.321 e. The van der Waals surface area contributed by atoms with Crippen molar-refractivity contribution in [3.8, 4) is 0 Å². The highest BCUT2D eigenvalue weighted by Crippen LogP contribution is 2.26. The van der Waals surface area contributed by atoms with Crippen molar-refractivity contribution in [1.82, 2.24) is 0 Å². The van der Waals surface area contributed by atoms with Crippen LogP contribution in [0.5, 0.6) is 0 Å². The van der Waals surface area contributed by atoms with E-state index in [1.807, 2.05) is 0 Å². The maximum atomic E-state index is 12.1. The molecule has 0 saturated heterocycles. The summed E-state index contributed by atoms with van der Waals surface area (Å²) in [6.45, 7) is 0. The highest BCUT2D eigenvalue weighted by Gasteiger charge is 2.14. The van der Waals surface area contributed by atoms with Crippen LogP contribution in [0.15, 0.2) is 47.4 Å². The van der Waals surface area contributed by atoms with Gasteiger partial charge < -0.3 is 5.32 Å². The predicted molar refractivity (Wildman–Crippen MR) is 85.6 cm³/mol. The zero-order valence-corrected chi connectivity index (χ0v) is 13.4. The van der Waals surface area contributed by atoms with Gasteiger partial charge in [-0.15, -0.1) is 0 Å². The summed E-state index contributed by atoms with van der Waals surface area (Å²) in [6, 6.07) is 8.93. The molecule has 9 heteroatoms. The Morgan fingerprint density at radius 2 is 1.78 bits per heavy atom. The number of carbonyl (C=O) groups is 1. The van der Waals surface area contributed by atoms with E-state index in [4.69, 9.17) is 11.6 Å². The Bertz CT molecular complexity index is 879. The van der Waals surface area contributed by atoms with Gasteiger partial charge in [-0.05, 0) is 30.3 Å². The molecule has 0 aliphatic heterocycles. The average Bonchev–Trinajstić information content (AvgIpc) is 2.48. The smallest absolute Gasteiger partial charge is 0.269 e. The highest BCUT2D eigenvalue weighted by molar-refractivity contribution is 7.90. The average molecular weight is 355 g/mol. The first-order valence-corrected chi connectivity index (χ1v) is 8.51. The summed E-state index contributed by atoms with van der Waals surface area (Å²) in [7, 11) is -3.44. The van der Waals surface area contributed by atoms with Crippen LogP contribution in [0.1, 0.15) is 10.4 Å². The standard InChI is InChI=1S/C14H11ClN2O5S/c1-23(21,22)11-6-7-12(15)13(8-11)16-14(18)9-2-4-10(5-3-9)17(19)20/h2-8H,1H3,(H,16,18). The first kappa shape index (κ1) is 16.9. The van der Waals surface area contributed by atoms with Gasteiger partial charge in [0.05, 0.1) is 20.5 Å². The van der Waals surface area contributed by atoms with E-state index in [0.717, 1.165) is 6.26 Å². The number of nitro benzene ring substituents is 1. The molecule has 0 fully saturated rings. The Balaban J connectivity index is 2.28. The molecule has 0 saturated carbocycles. The van der Waals surface area contributed by atoms with Gasteiger partial charge in [-0.2, -0.15) is 0 Å². The third-order valence-corrected chi connectivity index (χ3v) is 4.39. The van der Waals surface area contributed by atoms with Crippen molar-refractivity contribution in [2.75, 3.05) is 11.6 Å². The number of hydrogen-bond donors (Lipinski definition) is 1. The fraction of sp³-hybridized carbons (Fsp3) is 0.0714. The van der Waals surface area contributed by atoms with E-state index in [-0.39, 0.29) is 26.9 Å². The molecule has 0 heterocycles. The molecule has 0 bridgehead atoms. The van der Waals surface area contributed by atoms with Crippen molar-refractivity contribution in [1.29, 1.82) is 0 Å². The summed E-state index contributed by atoms with van der Waals surface area (Å²) in [4.78, 5) is 22.1. The summed E-state index contributed by atoms with van der Waals surface area (Å²) in [5, 5.41) is 13.2. The lowest BCUT2D eigenvalue weighted by atomic mass is 10.2. The normalized spacial score (nSPS) is 11.0. The number of nitro groups is 1. The number of amides is 1. The number of carbonyl (C=O) groups excluding carboxylic acids is 1. The second-order valence-corrected chi connectivity index (χ2v) is 7.09. The van der Waals surface area contributed by atoms with Crippen LogP contribution in [0, 0.1) is 10.1 Å². The lowest BCUT2D eigenvalue weighted by molar-refractivity contribution is -0.384. The summed E-state index contributed by atoms with van der Waals surface area (Å²) < 4.78 is 23.1. The van der Waals surface area contributed by atoms with E-state index in [1.165, 1.54) is 42.5 Å². The number of hydrogen-bond acceptors (Lipinski definition) is 5. The minimum absolute atomic E-state index is 0.0147. The van der Waals surface area contributed by atoms with Crippen LogP contribution in [0.4, 0.5) is 11.4 Å². The van der Waals surface area contributed by atoms with Gasteiger partial charge in [0.25, 0.3) is 11.6 Å². The first-order valence-electron chi connectivity index (χ1n) is 6.24. The topological polar surface area (TPSA) is 106 Å². The Labute approximate surface area is 137 Å². The molecule has 23 heavy (non-hydrogen) atoms. The van der Waals surface area contributed by atoms with Crippen LogP contribution < -0.4 is 5.32 Å². The predicted octanol–water partition coefficient (Wildman–Crippen LogP) is 2.90. The van der Waals surface area contributed by atoms with Crippen LogP contribution in [0.2, 0.25) is 5.02 Å². The number of nitrogens with zero attached hydrogens (tertiary/aromatic N) is 1. The molecule has 0 aliphatic rings. The van der Waals surface area contributed by atoms with E-state index in [9.17, 15) is 23.3 Å². The number of benzene rings is 2. The molecular weight excluding hydrogens is 344 g/mol. The van der Waals surface area contributed by atoms with E-state index >= 15 is 0 Å². The quantitative estimate of drug-likeness (QED) is 0.671. The van der Waals surface area contributed by atoms with Crippen molar-refractivity contribution in [2.45, 2.75) is 4.90 Å². The minimum atomic E-state index is -3.44. The Morgan fingerprint density at radius 1 is 1.17 bits per heavy atom. The Kier molecular flexibility index (Phi) is 4.67. The van der Waals surface area contributed by atoms with Gasteiger partial charge in [0.15, 0.2) is 9.84 Å². The maximum absolute atomic E-state index is 12.1. The van der Waals surface area contributed by atoms with Crippen LogP contribution in [-0.2, 0) is 9.84 Å². The number of rotatable bonds is 4. The van der Waals surface area contributed by atoms with Gasteiger partial charge in [0.2, 0.25) is 0 Å². The molecular formula is C14H11ClN2O5S. The summed E-state index contributed by atoms with van der Waals surface area (Å²) >= 11 is 5.95. The number of non-ortho nitro benzene ring substituents is 1. The second-order valence-electron chi connectivity index (χ2n) is 4.67. The number of anilines is 1. The van der Waals surface area contributed by atoms with Crippen LogP contribution in [0.25, 0.3) is 0 Å². The Morgan fingerprint density at radius 3 is 2.30 bits per heavy atom. The van der Waals surface area contributed by atoms with Gasteiger partial charge in [-0.1, -0.05) is 11.6 Å².